The lowest BCUT2D eigenvalue weighted by Crippen LogP contribution is -2.34. The summed E-state index contributed by atoms with van der Waals surface area (Å²) in [4.78, 5) is 33.9. The maximum absolute atomic E-state index is 13.6. The Labute approximate surface area is 190 Å². The summed E-state index contributed by atoms with van der Waals surface area (Å²) in [6.07, 6.45) is 12.0. The molecule has 3 rings (SSSR count). The first-order valence-electron chi connectivity index (χ1n) is 11.0. The number of nitrogens with zero attached hydrogens (tertiary/aromatic N) is 4. The second-order valence-electron chi connectivity index (χ2n) is 8.13. The van der Waals surface area contributed by atoms with Crippen LogP contribution in [0.5, 0.6) is 0 Å². The highest BCUT2D eigenvalue weighted by Gasteiger charge is 2.41. The summed E-state index contributed by atoms with van der Waals surface area (Å²) < 4.78 is 26.6. The van der Waals surface area contributed by atoms with E-state index in [1.54, 1.807) is 4.57 Å². The first kappa shape index (κ1) is 24.4. The summed E-state index contributed by atoms with van der Waals surface area (Å²) in [6, 6.07) is 0. The third-order valence-electron chi connectivity index (χ3n) is 5.64. The Balaban J connectivity index is 1.43. The van der Waals surface area contributed by atoms with Crippen LogP contribution in [0.15, 0.2) is 6.33 Å². The van der Waals surface area contributed by atoms with Crippen LogP contribution < -0.4 is 5.73 Å². The third-order valence-corrected chi connectivity index (χ3v) is 5.64. The summed E-state index contributed by atoms with van der Waals surface area (Å²) in [5, 5.41) is 8.61. The number of ether oxygens (including phenoxy) is 2. The summed E-state index contributed by atoms with van der Waals surface area (Å²) >= 11 is 0. The van der Waals surface area contributed by atoms with Gasteiger partial charge in [-0.2, -0.15) is 14.4 Å². The number of carboxylic acids is 1. The molecule has 2 atom stereocenters. The molecule has 0 aliphatic carbocycles. The molecule has 0 saturated carbocycles. The molecule has 10 nitrogen and oxygen atoms in total. The van der Waals surface area contributed by atoms with Gasteiger partial charge in [0, 0.05) is 12.8 Å². The highest BCUT2D eigenvalue weighted by molar-refractivity contribution is 5.81. The van der Waals surface area contributed by atoms with Crippen LogP contribution in [0.2, 0.25) is 0 Å². The van der Waals surface area contributed by atoms with E-state index in [2.05, 4.69) is 20.9 Å². The molecule has 1 aliphatic rings. The van der Waals surface area contributed by atoms with Gasteiger partial charge in [-0.1, -0.05) is 31.6 Å². The molecule has 0 spiro atoms. The average molecular weight is 461 g/mol. The van der Waals surface area contributed by atoms with Crippen LogP contribution in [0, 0.1) is 18.4 Å². The van der Waals surface area contributed by atoms with Crippen LogP contribution in [0.4, 0.5) is 10.2 Å². The van der Waals surface area contributed by atoms with Crippen molar-refractivity contribution in [2.45, 2.75) is 76.0 Å². The minimum atomic E-state index is -1.09. The van der Waals surface area contributed by atoms with Crippen molar-refractivity contribution in [3.63, 3.8) is 0 Å². The Hall–Kier alpha value is -3.26. The maximum Gasteiger partial charge on any atom is 0.312 e. The summed E-state index contributed by atoms with van der Waals surface area (Å²) in [5.74, 6) is 1.41. The van der Waals surface area contributed by atoms with E-state index < -0.39 is 23.9 Å². The third kappa shape index (κ3) is 6.38. The second kappa shape index (κ2) is 11.0. The van der Waals surface area contributed by atoms with E-state index in [9.17, 15) is 14.0 Å². The maximum atomic E-state index is 13.6. The minimum Gasteiger partial charge on any atom is -0.481 e. The molecule has 1 saturated heterocycles. The number of rotatable bonds is 12. The number of esters is 1. The lowest BCUT2D eigenvalue weighted by Gasteiger charge is -2.23. The van der Waals surface area contributed by atoms with Crippen molar-refractivity contribution in [2.75, 3.05) is 12.3 Å². The van der Waals surface area contributed by atoms with Crippen molar-refractivity contribution < 1.29 is 28.6 Å². The number of nitrogen functional groups attached to an aromatic ring is 1. The molecule has 0 amide bonds. The van der Waals surface area contributed by atoms with Crippen molar-refractivity contribution >= 4 is 28.9 Å². The zero-order valence-electron chi connectivity index (χ0n) is 18.3. The average Bonchev–Trinajstić information content (AvgIpc) is 3.39. The number of terminal acetylenes is 1. The first-order chi connectivity index (χ1) is 15.8. The normalized spacial score (nSPS) is 20.1. The Bertz CT molecular complexity index is 1040. The van der Waals surface area contributed by atoms with E-state index in [1.807, 2.05) is 0 Å². The summed E-state index contributed by atoms with van der Waals surface area (Å²) in [6.45, 7) is -0.0772. The van der Waals surface area contributed by atoms with Gasteiger partial charge >= 0.3 is 18.0 Å². The van der Waals surface area contributed by atoms with Crippen molar-refractivity contribution in [2.24, 2.45) is 0 Å². The van der Waals surface area contributed by atoms with Gasteiger partial charge in [0.15, 0.2) is 22.6 Å². The molecule has 2 aromatic heterocycles. The monoisotopic (exact) mass is 461 g/mol. The standard InChI is InChI=1S/C22H28FN5O5/c1-2-22(13-32-17(31)10-8-6-4-3-5-7-9-16(29)30)12-11-15(33-22)28-14-25-18-19(24)26-21(23)27-20(18)28/h1,14-15H,3-13H2,(H,29,30)(H2,24,26,27). The molecule has 2 unspecified atom stereocenters. The van der Waals surface area contributed by atoms with Crippen molar-refractivity contribution in [3.8, 4) is 12.3 Å². The lowest BCUT2D eigenvalue weighted by atomic mass is 10.0. The lowest BCUT2D eigenvalue weighted by molar-refractivity contribution is -0.152. The largest absolute Gasteiger partial charge is 0.481 e. The van der Waals surface area contributed by atoms with Crippen molar-refractivity contribution in [3.05, 3.63) is 12.4 Å². The Morgan fingerprint density at radius 1 is 1.27 bits per heavy atom. The quantitative estimate of drug-likeness (QED) is 0.211. The summed E-state index contributed by atoms with van der Waals surface area (Å²) in [5.41, 5.74) is 5.09. The number of anilines is 1. The zero-order valence-corrected chi connectivity index (χ0v) is 18.3. The number of fused-ring (bicyclic) bond motifs is 1. The van der Waals surface area contributed by atoms with E-state index in [1.165, 1.54) is 6.33 Å². The van der Waals surface area contributed by atoms with E-state index in [0.717, 1.165) is 25.7 Å². The summed E-state index contributed by atoms with van der Waals surface area (Å²) in [7, 11) is 0. The topological polar surface area (TPSA) is 142 Å². The van der Waals surface area contributed by atoms with E-state index in [0.29, 0.717) is 25.7 Å². The highest BCUT2D eigenvalue weighted by Crippen LogP contribution is 2.38. The number of carbonyl (C=O) groups excluding carboxylic acids is 1. The number of aliphatic carboxylic acids is 1. The fraction of sp³-hybridized carbons (Fsp3) is 0.591. The van der Waals surface area contributed by atoms with Gasteiger partial charge in [0.2, 0.25) is 0 Å². The molecule has 1 fully saturated rings. The Morgan fingerprint density at radius 2 is 1.97 bits per heavy atom. The number of hydrogen-bond donors (Lipinski definition) is 2. The number of carboxylic acid groups (broad SMARTS) is 1. The van der Waals surface area contributed by atoms with E-state index in [-0.39, 0.29) is 42.4 Å². The van der Waals surface area contributed by atoms with Gasteiger partial charge in [-0.05, 0) is 25.7 Å². The van der Waals surface area contributed by atoms with Crippen LogP contribution in [-0.4, -0.2) is 48.8 Å². The Morgan fingerprint density at radius 3 is 2.67 bits per heavy atom. The van der Waals surface area contributed by atoms with Crippen LogP contribution in [0.25, 0.3) is 11.2 Å². The molecule has 0 radical (unpaired) electrons. The molecule has 3 N–H and O–H groups in total. The predicted molar refractivity (Wildman–Crippen MR) is 116 cm³/mol. The smallest absolute Gasteiger partial charge is 0.312 e. The molecule has 33 heavy (non-hydrogen) atoms. The molecule has 11 heteroatoms. The van der Waals surface area contributed by atoms with Gasteiger partial charge in [-0.25, -0.2) is 4.98 Å². The number of nitrogens with two attached hydrogens (primary N) is 1. The highest BCUT2D eigenvalue weighted by atomic mass is 19.1. The second-order valence-corrected chi connectivity index (χ2v) is 8.13. The van der Waals surface area contributed by atoms with Crippen molar-refractivity contribution in [1.29, 1.82) is 0 Å². The SMILES string of the molecule is C#CC1(COC(=O)CCCCCCCCC(=O)O)CCC(n2cnc3c(N)nc(F)nc32)O1. The van der Waals surface area contributed by atoms with Gasteiger partial charge in [0.05, 0.1) is 6.33 Å². The fourth-order valence-corrected chi connectivity index (χ4v) is 3.83. The molecule has 3 heterocycles. The number of carbonyl (C=O) groups is 2. The number of hydrogen-bond acceptors (Lipinski definition) is 8. The van der Waals surface area contributed by atoms with E-state index >= 15 is 0 Å². The minimum absolute atomic E-state index is 0.0633. The predicted octanol–water partition coefficient (Wildman–Crippen LogP) is 2.98. The van der Waals surface area contributed by atoms with Crippen LogP contribution in [-0.2, 0) is 19.1 Å². The van der Waals surface area contributed by atoms with Crippen LogP contribution >= 0.6 is 0 Å². The fourth-order valence-electron chi connectivity index (χ4n) is 3.83. The zero-order chi connectivity index (χ0) is 23.8. The van der Waals surface area contributed by atoms with Gasteiger partial charge in [0.1, 0.15) is 12.8 Å². The van der Waals surface area contributed by atoms with E-state index in [4.69, 9.17) is 26.7 Å². The van der Waals surface area contributed by atoms with Crippen molar-refractivity contribution in [1.82, 2.24) is 19.5 Å². The van der Waals surface area contributed by atoms with Gasteiger partial charge in [-0.3, -0.25) is 14.2 Å². The molecule has 0 aromatic carbocycles. The van der Waals surface area contributed by atoms with Gasteiger partial charge in [-0.15, -0.1) is 6.42 Å². The number of unbranched alkanes of at least 4 members (excludes halogenated alkanes) is 5. The van der Waals surface area contributed by atoms with Gasteiger partial charge < -0.3 is 20.3 Å². The molecular weight excluding hydrogens is 433 g/mol. The number of imidazole rings is 1. The molecular formula is C22H28FN5O5. The van der Waals surface area contributed by atoms with Crippen LogP contribution in [0.1, 0.15) is 70.4 Å². The Kier molecular flexibility index (Phi) is 8.16. The van der Waals surface area contributed by atoms with Crippen LogP contribution in [0.3, 0.4) is 0 Å². The first-order valence-corrected chi connectivity index (χ1v) is 11.0. The molecule has 0 bridgehead atoms. The molecule has 1 aliphatic heterocycles. The molecule has 2 aromatic rings. The van der Waals surface area contributed by atoms with Gasteiger partial charge in [0.25, 0.3) is 0 Å². The molecule has 178 valence electrons. The number of halogens is 1. The number of aromatic nitrogens is 4.